The molecule has 0 bridgehead atoms. The summed E-state index contributed by atoms with van der Waals surface area (Å²) < 4.78 is 15.9. The van der Waals surface area contributed by atoms with Gasteiger partial charge in [-0.2, -0.15) is 5.10 Å². The monoisotopic (exact) mass is 380 g/mol. The maximum Gasteiger partial charge on any atom is 0.280 e. The molecular weight excluding hydrogens is 363 g/mol. The van der Waals surface area contributed by atoms with E-state index < -0.39 is 0 Å². The van der Waals surface area contributed by atoms with Crippen LogP contribution in [0.2, 0.25) is 0 Å². The van der Waals surface area contributed by atoms with Crippen LogP contribution < -0.4 is 4.90 Å². The Morgan fingerprint density at radius 2 is 1.96 bits per heavy atom. The predicted octanol–water partition coefficient (Wildman–Crippen LogP) is 4.32. The Morgan fingerprint density at radius 1 is 1.19 bits per heavy atom. The summed E-state index contributed by atoms with van der Waals surface area (Å²) in [5, 5.41) is 4.83. The molecule has 0 saturated carbocycles. The fourth-order valence-corrected chi connectivity index (χ4v) is 3.79. The van der Waals surface area contributed by atoms with Crippen molar-refractivity contribution in [2.75, 3.05) is 4.90 Å². The van der Waals surface area contributed by atoms with Gasteiger partial charge >= 0.3 is 0 Å². The number of fused-ring (bicyclic) bond motifs is 1. The van der Waals surface area contributed by atoms with Crippen LogP contribution in [-0.4, -0.2) is 20.7 Å². The van der Waals surface area contributed by atoms with E-state index in [1.807, 2.05) is 37.3 Å². The summed E-state index contributed by atoms with van der Waals surface area (Å²) in [4.78, 5) is 19.3. The fraction of sp³-hybridized carbons (Fsp3) is 0.150. The highest BCUT2D eigenvalue weighted by Crippen LogP contribution is 2.31. The molecule has 0 aliphatic carbocycles. The Labute approximate surface area is 159 Å². The number of carbonyl (C=O) groups excluding carboxylic acids is 1. The zero-order chi connectivity index (χ0) is 19.0. The number of thiazole rings is 1. The van der Waals surface area contributed by atoms with Crippen molar-refractivity contribution >= 4 is 32.6 Å². The number of hydrogen-bond acceptors (Lipinski definition) is 4. The van der Waals surface area contributed by atoms with Crippen molar-refractivity contribution in [1.29, 1.82) is 0 Å². The molecule has 2 aromatic heterocycles. The van der Waals surface area contributed by atoms with Gasteiger partial charge in [0, 0.05) is 12.7 Å². The number of rotatable bonds is 4. The topological polar surface area (TPSA) is 51.0 Å². The third-order valence-electron chi connectivity index (χ3n) is 4.33. The molecule has 2 heterocycles. The van der Waals surface area contributed by atoms with E-state index in [2.05, 4.69) is 10.1 Å². The van der Waals surface area contributed by atoms with Gasteiger partial charge in [0.2, 0.25) is 0 Å². The predicted molar refractivity (Wildman–Crippen MR) is 104 cm³/mol. The maximum atomic E-state index is 13.6. The van der Waals surface area contributed by atoms with E-state index in [0.29, 0.717) is 27.6 Å². The molecule has 136 valence electrons. The minimum absolute atomic E-state index is 0.234. The van der Waals surface area contributed by atoms with Crippen molar-refractivity contribution in [1.82, 2.24) is 14.8 Å². The van der Waals surface area contributed by atoms with Crippen LogP contribution in [0.25, 0.3) is 10.2 Å². The van der Waals surface area contributed by atoms with Crippen molar-refractivity contribution in [2.24, 2.45) is 7.05 Å². The maximum absolute atomic E-state index is 13.6. The molecule has 0 aliphatic heterocycles. The molecule has 4 aromatic rings. The number of aryl methyl sites for hydroxylation is 2. The van der Waals surface area contributed by atoms with Gasteiger partial charge in [-0.1, -0.05) is 41.7 Å². The van der Waals surface area contributed by atoms with Gasteiger partial charge in [0.05, 0.1) is 16.8 Å². The third-order valence-corrected chi connectivity index (χ3v) is 5.37. The molecule has 0 spiro atoms. The van der Waals surface area contributed by atoms with Crippen LogP contribution in [0.15, 0.2) is 54.6 Å². The number of nitrogens with zero attached hydrogens (tertiary/aromatic N) is 4. The molecule has 2 aromatic carbocycles. The number of halogens is 1. The Bertz CT molecular complexity index is 1100. The first-order chi connectivity index (χ1) is 13.0. The van der Waals surface area contributed by atoms with E-state index in [1.54, 1.807) is 28.8 Å². The molecule has 0 fully saturated rings. The lowest BCUT2D eigenvalue weighted by Crippen LogP contribution is -2.30. The third kappa shape index (κ3) is 3.46. The van der Waals surface area contributed by atoms with Crippen LogP contribution in [-0.2, 0) is 13.6 Å². The molecule has 1 amide bonds. The number of benzene rings is 2. The number of hydrogen-bond donors (Lipinski definition) is 0. The molecule has 5 nitrogen and oxygen atoms in total. The van der Waals surface area contributed by atoms with Crippen LogP contribution in [0.5, 0.6) is 0 Å². The number of aromatic nitrogens is 3. The van der Waals surface area contributed by atoms with Crippen LogP contribution in [0, 0.1) is 12.7 Å². The van der Waals surface area contributed by atoms with Crippen molar-refractivity contribution in [3.8, 4) is 0 Å². The second-order valence-electron chi connectivity index (χ2n) is 6.28. The van der Waals surface area contributed by atoms with E-state index in [1.165, 1.54) is 23.5 Å². The Kier molecular flexibility index (Phi) is 4.45. The Hall–Kier alpha value is -3.06. The van der Waals surface area contributed by atoms with E-state index in [9.17, 15) is 9.18 Å². The Morgan fingerprint density at radius 3 is 2.67 bits per heavy atom. The minimum Gasteiger partial charge on any atom is -0.278 e. The lowest BCUT2D eigenvalue weighted by molar-refractivity contribution is 0.0979. The highest BCUT2D eigenvalue weighted by Gasteiger charge is 2.24. The first kappa shape index (κ1) is 17.4. The summed E-state index contributed by atoms with van der Waals surface area (Å²) in [5.74, 6) is -0.555. The molecule has 7 heteroatoms. The van der Waals surface area contributed by atoms with Gasteiger partial charge < -0.3 is 0 Å². The van der Waals surface area contributed by atoms with Crippen LogP contribution >= 0.6 is 11.3 Å². The fourth-order valence-electron chi connectivity index (χ4n) is 2.80. The van der Waals surface area contributed by atoms with Crippen LogP contribution in [0.3, 0.4) is 0 Å². The average Bonchev–Trinajstić information content (AvgIpc) is 3.23. The number of anilines is 1. The lowest BCUT2D eigenvalue weighted by Gasteiger charge is -2.19. The first-order valence-corrected chi connectivity index (χ1v) is 9.25. The SMILES string of the molecule is Cc1cc(C(=O)N(Cc2ccccc2)c2nc3ccc(F)cc3s2)nn1C. The molecule has 0 atom stereocenters. The average molecular weight is 380 g/mol. The summed E-state index contributed by atoms with van der Waals surface area (Å²) >= 11 is 1.29. The van der Waals surface area contributed by atoms with E-state index in [4.69, 9.17) is 0 Å². The summed E-state index contributed by atoms with van der Waals surface area (Å²) in [6.07, 6.45) is 0. The molecule has 4 rings (SSSR count). The van der Waals surface area contributed by atoms with Gasteiger partial charge in [0.1, 0.15) is 5.82 Å². The van der Waals surface area contributed by atoms with Crippen molar-refractivity contribution in [3.05, 3.63) is 77.4 Å². The van der Waals surface area contributed by atoms with Gasteiger partial charge in [-0.3, -0.25) is 14.4 Å². The van der Waals surface area contributed by atoms with Gasteiger partial charge in [-0.05, 0) is 36.8 Å². The molecular formula is C20H17FN4OS. The molecule has 0 saturated heterocycles. The summed E-state index contributed by atoms with van der Waals surface area (Å²) in [5.41, 5.74) is 2.89. The van der Waals surface area contributed by atoms with Gasteiger partial charge in [-0.25, -0.2) is 9.37 Å². The molecule has 0 aliphatic rings. The van der Waals surface area contributed by atoms with Crippen molar-refractivity contribution in [2.45, 2.75) is 13.5 Å². The van der Waals surface area contributed by atoms with E-state index >= 15 is 0 Å². The summed E-state index contributed by atoms with van der Waals surface area (Å²) in [6, 6.07) is 15.9. The zero-order valence-electron chi connectivity index (χ0n) is 14.9. The number of amides is 1. The minimum atomic E-state index is -0.320. The molecule has 27 heavy (non-hydrogen) atoms. The van der Waals surface area contributed by atoms with Crippen LogP contribution in [0.4, 0.5) is 9.52 Å². The normalized spacial score (nSPS) is 11.1. The van der Waals surface area contributed by atoms with Crippen molar-refractivity contribution in [3.63, 3.8) is 0 Å². The van der Waals surface area contributed by atoms with E-state index in [0.717, 1.165) is 11.3 Å². The second-order valence-corrected chi connectivity index (χ2v) is 7.29. The highest BCUT2D eigenvalue weighted by molar-refractivity contribution is 7.22. The second kappa shape index (κ2) is 6.92. The molecule has 0 radical (unpaired) electrons. The zero-order valence-corrected chi connectivity index (χ0v) is 15.7. The highest BCUT2D eigenvalue weighted by atomic mass is 32.1. The smallest absolute Gasteiger partial charge is 0.278 e. The largest absolute Gasteiger partial charge is 0.280 e. The van der Waals surface area contributed by atoms with E-state index in [-0.39, 0.29) is 11.7 Å². The summed E-state index contributed by atoms with van der Waals surface area (Å²) in [6.45, 7) is 2.25. The standard InChI is InChI=1S/C20H17FN4OS/c1-13-10-17(23-24(13)2)19(26)25(12-14-6-4-3-5-7-14)20-22-16-9-8-15(21)11-18(16)27-20/h3-11H,12H2,1-2H3. The first-order valence-electron chi connectivity index (χ1n) is 8.44. The number of carbonyl (C=O) groups is 1. The molecule has 0 N–H and O–H groups in total. The Balaban J connectivity index is 1.77. The van der Waals surface area contributed by atoms with Gasteiger partial charge in [0.15, 0.2) is 10.8 Å². The van der Waals surface area contributed by atoms with Gasteiger partial charge in [0.25, 0.3) is 5.91 Å². The van der Waals surface area contributed by atoms with Crippen molar-refractivity contribution < 1.29 is 9.18 Å². The lowest BCUT2D eigenvalue weighted by atomic mass is 10.2. The van der Waals surface area contributed by atoms with Gasteiger partial charge in [-0.15, -0.1) is 0 Å². The van der Waals surface area contributed by atoms with Crippen LogP contribution in [0.1, 0.15) is 21.7 Å². The summed E-state index contributed by atoms with van der Waals surface area (Å²) in [7, 11) is 1.80. The molecule has 0 unspecified atom stereocenters. The quantitative estimate of drug-likeness (QED) is 0.530.